The fraction of sp³-hybridized carbons (Fsp3) is 0.0667. The van der Waals surface area contributed by atoms with Gasteiger partial charge in [-0.05, 0) is 23.1 Å². The summed E-state index contributed by atoms with van der Waals surface area (Å²) in [5.41, 5.74) is 2.02. The number of nitrogens with zero attached hydrogens (tertiary/aromatic N) is 2. The third-order valence-electron chi connectivity index (χ3n) is 3.15. The lowest BCUT2D eigenvalue weighted by Crippen LogP contribution is -1.92. The molecule has 2 aromatic carbocycles. The molecular formula is C15H10N2O2. The minimum absolute atomic E-state index is 0.139. The van der Waals surface area contributed by atoms with Gasteiger partial charge >= 0.3 is 0 Å². The number of carbonyl (C=O) groups is 1. The largest absolute Gasteiger partial charge is 0.296 e. The molecule has 4 nitrogen and oxygen atoms in total. The van der Waals surface area contributed by atoms with E-state index in [0.29, 0.717) is 5.69 Å². The van der Waals surface area contributed by atoms with E-state index >= 15 is 0 Å². The summed E-state index contributed by atoms with van der Waals surface area (Å²) >= 11 is 0. The normalized spacial score (nSPS) is 10.7. The van der Waals surface area contributed by atoms with E-state index in [1.807, 2.05) is 36.4 Å². The standard InChI is InChI=1S/C15H10N2O2/c18-9-15-12-4-2-1-3-11(12)13-7-10(8-16-19)5-6-14(13)17-15/h1-7,9H,8H2. The minimum Gasteiger partial charge on any atom is -0.296 e. The summed E-state index contributed by atoms with van der Waals surface area (Å²) < 4.78 is 0. The number of pyridine rings is 1. The van der Waals surface area contributed by atoms with Gasteiger partial charge in [0.2, 0.25) is 0 Å². The fourth-order valence-electron chi connectivity index (χ4n) is 2.29. The van der Waals surface area contributed by atoms with Crippen LogP contribution in [0.5, 0.6) is 0 Å². The minimum atomic E-state index is 0.139. The molecule has 0 bridgehead atoms. The number of hydrogen-bond acceptors (Lipinski definition) is 4. The number of benzene rings is 2. The molecule has 3 aromatic rings. The monoisotopic (exact) mass is 250 g/mol. The quantitative estimate of drug-likeness (QED) is 0.406. The van der Waals surface area contributed by atoms with Crippen molar-refractivity contribution in [1.82, 2.24) is 4.98 Å². The van der Waals surface area contributed by atoms with Crippen LogP contribution in [0.15, 0.2) is 47.6 Å². The van der Waals surface area contributed by atoms with Crippen molar-refractivity contribution >= 4 is 28.0 Å². The van der Waals surface area contributed by atoms with Crippen LogP contribution in [-0.4, -0.2) is 11.3 Å². The molecular weight excluding hydrogens is 240 g/mol. The highest BCUT2D eigenvalue weighted by molar-refractivity contribution is 6.10. The highest BCUT2D eigenvalue weighted by Gasteiger charge is 2.07. The second-order valence-corrected chi connectivity index (χ2v) is 4.30. The molecule has 0 saturated carbocycles. The molecule has 92 valence electrons. The molecule has 3 rings (SSSR count). The van der Waals surface area contributed by atoms with Gasteiger partial charge in [0.05, 0.1) is 5.52 Å². The van der Waals surface area contributed by atoms with Crippen molar-refractivity contribution < 1.29 is 4.79 Å². The molecule has 0 unspecified atom stereocenters. The lowest BCUT2D eigenvalue weighted by molar-refractivity contribution is 0.112. The Morgan fingerprint density at radius 2 is 1.84 bits per heavy atom. The van der Waals surface area contributed by atoms with Crippen LogP contribution in [0.1, 0.15) is 16.1 Å². The zero-order chi connectivity index (χ0) is 13.2. The van der Waals surface area contributed by atoms with E-state index in [1.54, 1.807) is 6.07 Å². The van der Waals surface area contributed by atoms with E-state index in [4.69, 9.17) is 0 Å². The summed E-state index contributed by atoms with van der Waals surface area (Å²) in [5, 5.41) is 5.61. The van der Waals surface area contributed by atoms with E-state index in [9.17, 15) is 9.70 Å². The van der Waals surface area contributed by atoms with Crippen molar-refractivity contribution in [3.05, 3.63) is 58.6 Å². The zero-order valence-corrected chi connectivity index (χ0v) is 10.0. The first kappa shape index (κ1) is 11.5. The Kier molecular flexibility index (Phi) is 2.76. The summed E-state index contributed by atoms with van der Waals surface area (Å²) in [4.78, 5) is 25.8. The van der Waals surface area contributed by atoms with Crippen LogP contribution in [0.4, 0.5) is 0 Å². The van der Waals surface area contributed by atoms with Gasteiger partial charge in [0, 0.05) is 10.8 Å². The third-order valence-corrected chi connectivity index (χ3v) is 3.15. The van der Waals surface area contributed by atoms with Gasteiger partial charge in [0.25, 0.3) is 0 Å². The van der Waals surface area contributed by atoms with Crippen molar-refractivity contribution in [1.29, 1.82) is 0 Å². The van der Waals surface area contributed by atoms with Gasteiger partial charge in [0.1, 0.15) is 12.2 Å². The highest BCUT2D eigenvalue weighted by Crippen LogP contribution is 2.26. The Bertz CT molecular complexity index is 797. The molecule has 1 aromatic heterocycles. The molecule has 0 atom stereocenters. The van der Waals surface area contributed by atoms with Gasteiger partial charge in [-0.1, -0.05) is 35.5 Å². The lowest BCUT2D eigenvalue weighted by Gasteiger charge is -2.06. The molecule has 19 heavy (non-hydrogen) atoms. The van der Waals surface area contributed by atoms with Gasteiger partial charge in [-0.3, -0.25) is 4.79 Å². The van der Waals surface area contributed by atoms with Crippen LogP contribution in [0.3, 0.4) is 0 Å². The fourth-order valence-corrected chi connectivity index (χ4v) is 2.29. The van der Waals surface area contributed by atoms with E-state index in [2.05, 4.69) is 10.2 Å². The molecule has 4 heteroatoms. The molecule has 0 aliphatic rings. The van der Waals surface area contributed by atoms with Gasteiger partial charge < -0.3 is 0 Å². The second kappa shape index (κ2) is 4.57. The van der Waals surface area contributed by atoms with Gasteiger partial charge in [0.15, 0.2) is 6.29 Å². The van der Waals surface area contributed by atoms with Crippen molar-refractivity contribution in [3.8, 4) is 0 Å². The number of fused-ring (bicyclic) bond motifs is 3. The van der Waals surface area contributed by atoms with Crippen LogP contribution in [0, 0.1) is 4.91 Å². The van der Waals surface area contributed by atoms with Crippen LogP contribution in [0.2, 0.25) is 0 Å². The molecule has 0 fully saturated rings. The number of aromatic nitrogens is 1. The average Bonchev–Trinajstić information content (AvgIpc) is 2.47. The van der Waals surface area contributed by atoms with Crippen molar-refractivity contribution in [2.45, 2.75) is 6.54 Å². The average molecular weight is 250 g/mol. The lowest BCUT2D eigenvalue weighted by atomic mass is 10.0. The summed E-state index contributed by atoms with van der Waals surface area (Å²) in [5.74, 6) is 0. The number of rotatable bonds is 3. The van der Waals surface area contributed by atoms with Crippen LogP contribution in [-0.2, 0) is 6.54 Å². The summed E-state index contributed by atoms with van der Waals surface area (Å²) in [7, 11) is 0. The SMILES string of the molecule is O=Cc1nc2ccc(CN=O)cc2c2ccccc12. The zero-order valence-electron chi connectivity index (χ0n) is 10.0. The Labute approximate surface area is 109 Å². The van der Waals surface area contributed by atoms with Gasteiger partial charge in [-0.2, -0.15) is 4.91 Å². The molecule has 0 amide bonds. The molecule has 0 aliphatic heterocycles. The molecule has 0 N–H and O–H groups in total. The van der Waals surface area contributed by atoms with E-state index < -0.39 is 0 Å². The predicted octanol–water partition coefficient (Wildman–Crippen LogP) is 3.47. The van der Waals surface area contributed by atoms with Crippen LogP contribution in [0.25, 0.3) is 21.7 Å². The number of hydrogen-bond donors (Lipinski definition) is 0. The smallest absolute Gasteiger partial charge is 0.169 e. The Morgan fingerprint density at radius 1 is 1.05 bits per heavy atom. The molecule has 0 saturated heterocycles. The summed E-state index contributed by atoms with van der Waals surface area (Å²) in [6, 6.07) is 13.1. The Morgan fingerprint density at radius 3 is 2.58 bits per heavy atom. The van der Waals surface area contributed by atoms with Crippen molar-refractivity contribution in [2.24, 2.45) is 5.18 Å². The maximum absolute atomic E-state index is 11.1. The van der Waals surface area contributed by atoms with E-state index in [-0.39, 0.29) is 6.54 Å². The first-order valence-electron chi connectivity index (χ1n) is 5.89. The van der Waals surface area contributed by atoms with Gasteiger partial charge in [-0.15, -0.1) is 0 Å². The predicted molar refractivity (Wildman–Crippen MR) is 74.1 cm³/mol. The first-order valence-corrected chi connectivity index (χ1v) is 5.89. The van der Waals surface area contributed by atoms with Crippen molar-refractivity contribution in [2.75, 3.05) is 0 Å². The van der Waals surface area contributed by atoms with E-state index in [0.717, 1.165) is 33.5 Å². The van der Waals surface area contributed by atoms with Gasteiger partial charge in [-0.25, -0.2) is 4.98 Å². The maximum atomic E-state index is 11.1. The molecule has 0 spiro atoms. The molecule has 0 aliphatic carbocycles. The van der Waals surface area contributed by atoms with Crippen molar-refractivity contribution in [3.63, 3.8) is 0 Å². The number of aldehydes is 1. The third kappa shape index (κ3) is 1.87. The second-order valence-electron chi connectivity index (χ2n) is 4.30. The number of nitroso groups, excluding NO2 is 1. The van der Waals surface area contributed by atoms with E-state index in [1.165, 1.54) is 0 Å². The molecule has 1 heterocycles. The van der Waals surface area contributed by atoms with Crippen LogP contribution < -0.4 is 0 Å². The highest BCUT2D eigenvalue weighted by atomic mass is 16.3. The first-order chi connectivity index (χ1) is 9.33. The number of carbonyl (C=O) groups excluding carboxylic acids is 1. The Hall–Kier alpha value is -2.62. The Balaban J connectivity index is 2.43. The maximum Gasteiger partial charge on any atom is 0.169 e. The molecule has 0 radical (unpaired) electrons. The summed E-state index contributed by atoms with van der Waals surface area (Å²) in [6.45, 7) is 0.139. The topological polar surface area (TPSA) is 59.4 Å². The summed E-state index contributed by atoms with van der Waals surface area (Å²) in [6.07, 6.45) is 0.767. The van der Waals surface area contributed by atoms with Crippen LogP contribution >= 0.6 is 0 Å².